The lowest BCUT2D eigenvalue weighted by molar-refractivity contribution is 0.0953. The van der Waals surface area contributed by atoms with Gasteiger partial charge in [-0.2, -0.15) is 0 Å². The van der Waals surface area contributed by atoms with E-state index in [2.05, 4.69) is 15.6 Å². The van der Waals surface area contributed by atoms with Crippen LogP contribution < -0.4 is 15.4 Å². The van der Waals surface area contributed by atoms with Gasteiger partial charge in [0.2, 0.25) is 0 Å². The number of pyridine rings is 1. The molecule has 0 spiro atoms. The molecular weight excluding hydrogens is 266 g/mol. The Morgan fingerprint density at radius 3 is 2.62 bits per heavy atom. The molecular formula is C16H19N3O2. The summed E-state index contributed by atoms with van der Waals surface area (Å²) < 4.78 is 5.11. The SMILES string of the molecule is CCCNC(=O)c1cncc(Nc2ccc(OC)cc2)c1. The van der Waals surface area contributed by atoms with E-state index >= 15 is 0 Å². The van der Waals surface area contributed by atoms with Crippen LogP contribution in [0.15, 0.2) is 42.7 Å². The lowest BCUT2D eigenvalue weighted by atomic mass is 10.2. The van der Waals surface area contributed by atoms with Gasteiger partial charge in [0.05, 0.1) is 24.6 Å². The number of nitrogens with one attached hydrogen (secondary N) is 2. The number of ether oxygens (including phenoxy) is 1. The maximum absolute atomic E-state index is 11.9. The summed E-state index contributed by atoms with van der Waals surface area (Å²) in [5, 5.41) is 6.04. The minimum atomic E-state index is -0.109. The number of methoxy groups -OCH3 is 1. The number of hydrogen-bond acceptors (Lipinski definition) is 4. The normalized spacial score (nSPS) is 10.0. The second kappa shape index (κ2) is 7.28. The number of benzene rings is 1. The molecule has 1 heterocycles. The zero-order chi connectivity index (χ0) is 15.1. The largest absolute Gasteiger partial charge is 0.497 e. The number of aromatic nitrogens is 1. The molecule has 5 heteroatoms. The third-order valence-corrected chi connectivity index (χ3v) is 2.91. The quantitative estimate of drug-likeness (QED) is 0.856. The molecule has 0 unspecified atom stereocenters. The summed E-state index contributed by atoms with van der Waals surface area (Å²) in [5.74, 6) is 0.689. The summed E-state index contributed by atoms with van der Waals surface area (Å²) in [6.45, 7) is 2.68. The molecule has 0 saturated carbocycles. The Bertz CT molecular complexity index is 597. The topological polar surface area (TPSA) is 63.2 Å². The summed E-state index contributed by atoms with van der Waals surface area (Å²) in [6, 6.07) is 9.33. The predicted octanol–water partition coefficient (Wildman–Crippen LogP) is 2.97. The Morgan fingerprint density at radius 2 is 1.95 bits per heavy atom. The van der Waals surface area contributed by atoms with E-state index in [9.17, 15) is 4.79 Å². The van der Waals surface area contributed by atoms with Crippen molar-refractivity contribution >= 4 is 17.3 Å². The summed E-state index contributed by atoms with van der Waals surface area (Å²) in [4.78, 5) is 16.0. The van der Waals surface area contributed by atoms with Crippen LogP contribution in [0.25, 0.3) is 0 Å². The Hall–Kier alpha value is -2.56. The van der Waals surface area contributed by atoms with E-state index in [0.717, 1.165) is 23.5 Å². The molecule has 2 rings (SSSR count). The monoisotopic (exact) mass is 285 g/mol. The van der Waals surface area contributed by atoms with Gasteiger partial charge in [-0.1, -0.05) is 6.92 Å². The van der Waals surface area contributed by atoms with Gasteiger partial charge in [0.15, 0.2) is 0 Å². The lowest BCUT2D eigenvalue weighted by Gasteiger charge is -2.09. The first-order valence-corrected chi connectivity index (χ1v) is 6.87. The van der Waals surface area contributed by atoms with Gasteiger partial charge in [0.1, 0.15) is 5.75 Å². The van der Waals surface area contributed by atoms with E-state index < -0.39 is 0 Å². The average molecular weight is 285 g/mol. The molecule has 0 atom stereocenters. The molecule has 0 fully saturated rings. The van der Waals surface area contributed by atoms with Crippen molar-refractivity contribution in [2.45, 2.75) is 13.3 Å². The number of carbonyl (C=O) groups excluding carboxylic acids is 1. The van der Waals surface area contributed by atoms with Gasteiger partial charge in [-0.25, -0.2) is 0 Å². The van der Waals surface area contributed by atoms with Crippen LogP contribution >= 0.6 is 0 Å². The van der Waals surface area contributed by atoms with Crippen LogP contribution in [-0.4, -0.2) is 24.5 Å². The fourth-order valence-electron chi connectivity index (χ4n) is 1.81. The maximum Gasteiger partial charge on any atom is 0.252 e. The minimum Gasteiger partial charge on any atom is -0.497 e. The Labute approximate surface area is 124 Å². The fourth-order valence-corrected chi connectivity index (χ4v) is 1.81. The zero-order valence-corrected chi connectivity index (χ0v) is 12.2. The summed E-state index contributed by atoms with van der Waals surface area (Å²) in [5.41, 5.74) is 2.22. The third kappa shape index (κ3) is 4.21. The van der Waals surface area contributed by atoms with E-state index in [4.69, 9.17) is 4.74 Å². The molecule has 2 N–H and O–H groups in total. The first kappa shape index (κ1) is 14.8. The van der Waals surface area contributed by atoms with Crippen LogP contribution in [0.2, 0.25) is 0 Å². The second-order valence-electron chi connectivity index (χ2n) is 4.57. The van der Waals surface area contributed by atoms with Crippen molar-refractivity contribution in [3.8, 4) is 5.75 Å². The first-order chi connectivity index (χ1) is 10.2. The smallest absolute Gasteiger partial charge is 0.252 e. The van der Waals surface area contributed by atoms with Gasteiger partial charge in [0.25, 0.3) is 5.91 Å². The number of amides is 1. The highest BCUT2D eigenvalue weighted by molar-refractivity contribution is 5.94. The molecule has 5 nitrogen and oxygen atoms in total. The van der Waals surface area contributed by atoms with E-state index in [1.54, 1.807) is 25.6 Å². The van der Waals surface area contributed by atoms with Gasteiger partial charge in [-0.3, -0.25) is 9.78 Å². The Morgan fingerprint density at radius 1 is 1.19 bits per heavy atom. The molecule has 0 saturated heterocycles. The first-order valence-electron chi connectivity index (χ1n) is 6.87. The van der Waals surface area contributed by atoms with E-state index in [-0.39, 0.29) is 5.91 Å². The van der Waals surface area contributed by atoms with Crippen molar-refractivity contribution in [3.05, 3.63) is 48.3 Å². The van der Waals surface area contributed by atoms with E-state index in [1.807, 2.05) is 31.2 Å². The number of hydrogen-bond donors (Lipinski definition) is 2. The lowest BCUT2D eigenvalue weighted by Crippen LogP contribution is -2.24. The van der Waals surface area contributed by atoms with E-state index in [0.29, 0.717) is 12.1 Å². The van der Waals surface area contributed by atoms with Gasteiger partial charge >= 0.3 is 0 Å². The highest BCUT2D eigenvalue weighted by Crippen LogP contribution is 2.19. The third-order valence-electron chi connectivity index (χ3n) is 2.91. The maximum atomic E-state index is 11.9. The standard InChI is InChI=1S/C16H19N3O2/c1-3-8-18-16(20)12-9-14(11-17-10-12)19-13-4-6-15(21-2)7-5-13/h4-7,9-11,19H,3,8H2,1-2H3,(H,18,20). The van der Waals surface area contributed by atoms with Gasteiger partial charge < -0.3 is 15.4 Å². The molecule has 0 aliphatic heterocycles. The molecule has 0 aliphatic carbocycles. The van der Waals surface area contributed by atoms with Crippen LogP contribution in [0.1, 0.15) is 23.7 Å². The molecule has 1 aromatic carbocycles. The number of rotatable bonds is 6. The molecule has 2 aromatic rings. The van der Waals surface area contributed by atoms with Gasteiger partial charge in [-0.05, 0) is 36.8 Å². The predicted molar refractivity (Wildman–Crippen MR) is 83.1 cm³/mol. The zero-order valence-electron chi connectivity index (χ0n) is 12.2. The number of anilines is 2. The Kier molecular flexibility index (Phi) is 5.15. The molecule has 1 amide bonds. The summed E-state index contributed by atoms with van der Waals surface area (Å²) >= 11 is 0. The Balaban J connectivity index is 2.07. The number of carbonyl (C=O) groups is 1. The second-order valence-corrected chi connectivity index (χ2v) is 4.57. The van der Waals surface area contributed by atoms with Crippen LogP contribution in [0.3, 0.4) is 0 Å². The van der Waals surface area contributed by atoms with Crippen molar-refractivity contribution < 1.29 is 9.53 Å². The summed E-state index contributed by atoms with van der Waals surface area (Å²) in [6.07, 6.45) is 4.15. The highest BCUT2D eigenvalue weighted by atomic mass is 16.5. The fraction of sp³-hybridized carbons (Fsp3) is 0.250. The van der Waals surface area contributed by atoms with Crippen molar-refractivity contribution in [2.75, 3.05) is 19.0 Å². The van der Waals surface area contributed by atoms with Crippen LogP contribution in [-0.2, 0) is 0 Å². The molecule has 1 aromatic heterocycles. The van der Waals surface area contributed by atoms with Crippen molar-refractivity contribution in [3.63, 3.8) is 0 Å². The van der Waals surface area contributed by atoms with Crippen molar-refractivity contribution in [2.24, 2.45) is 0 Å². The van der Waals surface area contributed by atoms with Crippen molar-refractivity contribution in [1.82, 2.24) is 10.3 Å². The van der Waals surface area contributed by atoms with Crippen LogP contribution in [0.5, 0.6) is 5.75 Å². The van der Waals surface area contributed by atoms with E-state index in [1.165, 1.54) is 0 Å². The van der Waals surface area contributed by atoms with Gasteiger partial charge in [0, 0.05) is 18.4 Å². The highest BCUT2D eigenvalue weighted by Gasteiger charge is 2.06. The van der Waals surface area contributed by atoms with Crippen LogP contribution in [0.4, 0.5) is 11.4 Å². The minimum absolute atomic E-state index is 0.109. The molecule has 110 valence electrons. The molecule has 0 aliphatic rings. The van der Waals surface area contributed by atoms with Gasteiger partial charge in [-0.15, -0.1) is 0 Å². The van der Waals surface area contributed by atoms with Crippen LogP contribution in [0, 0.1) is 0 Å². The number of nitrogens with zero attached hydrogens (tertiary/aromatic N) is 1. The van der Waals surface area contributed by atoms with Crippen molar-refractivity contribution in [1.29, 1.82) is 0 Å². The molecule has 0 bridgehead atoms. The average Bonchev–Trinajstić information content (AvgIpc) is 2.53. The molecule has 21 heavy (non-hydrogen) atoms. The molecule has 0 radical (unpaired) electrons. The summed E-state index contributed by atoms with van der Waals surface area (Å²) in [7, 11) is 1.63.